The van der Waals surface area contributed by atoms with Crippen LogP contribution in [-0.2, 0) is 24.2 Å². The first-order chi connectivity index (χ1) is 13.8. The van der Waals surface area contributed by atoms with Crippen molar-refractivity contribution in [2.24, 2.45) is 5.92 Å². The van der Waals surface area contributed by atoms with Crippen molar-refractivity contribution in [3.8, 4) is 0 Å². The Hall–Kier alpha value is -3.14. The second-order valence-corrected chi connectivity index (χ2v) is 8.26. The zero-order chi connectivity index (χ0) is 20.7. The predicted octanol–water partition coefficient (Wildman–Crippen LogP) is 3.27. The van der Waals surface area contributed by atoms with Crippen LogP contribution in [0.2, 0.25) is 0 Å². The Morgan fingerprint density at radius 3 is 3.03 bits per heavy atom. The standard InChI is InChI=1S/C19H17FN4O4S/c1-10-2-4-12-15(6-10)29-18-17(12)19(26)23(9-21-18)8-16(25)22-14-7-11(24(27)28)3-5-13(14)20/h3,5,7,9-10H,2,4,6,8H2,1H3,(H,22,25). The minimum Gasteiger partial charge on any atom is -0.322 e. The Kier molecular flexibility index (Phi) is 4.87. The second kappa shape index (κ2) is 7.36. The number of fused-ring (bicyclic) bond motifs is 3. The summed E-state index contributed by atoms with van der Waals surface area (Å²) >= 11 is 1.52. The summed E-state index contributed by atoms with van der Waals surface area (Å²) in [6, 6.07) is 2.86. The molecule has 1 aromatic carbocycles. The highest BCUT2D eigenvalue weighted by molar-refractivity contribution is 7.18. The first kappa shape index (κ1) is 19.2. The number of nitrogens with zero attached hydrogens (tertiary/aromatic N) is 3. The minimum atomic E-state index is -0.800. The average molecular weight is 416 g/mol. The number of halogens is 1. The van der Waals surface area contributed by atoms with Crippen molar-refractivity contribution in [1.82, 2.24) is 9.55 Å². The van der Waals surface area contributed by atoms with E-state index in [1.165, 1.54) is 27.1 Å². The summed E-state index contributed by atoms with van der Waals surface area (Å²) < 4.78 is 15.1. The van der Waals surface area contributed by atoms with Crippen LogP contribution >= 0.6 is 11.3 Å². The molecule has 0 saturated carbocycles. The van der Waals surface area contributed by atoms with Crippen LogP contribution in [0.15, 0.2) is 29.3 Å². The van der Waals surface area contributed by atoms with Crippen LogP contribution in [-0.4, -0.2) is 20.4 Å². The zero-order valence-electron chi connectivity index (χ0n) is 15.5. The van der Waals surface area contributed by atoms with Gasteiger partial charge >= 0.3 is 0 Å². The van der Waals surface area contributed by atoms with Gasteiger partial charge in [0, 0.05) is 17.0 Å². The Morgan fingerprint density at radius 2 is 2.28 bits per heavy atom. The Balaban J connectivity index is 1.61. The van der Waals surface area contributed by atoms with Crippen LogP contribution in [0.3, 0.4) is 0 Å². The molecule has 1 aliphatic carbocycles. The Morgan fingerprint density at radius 1 is 1.48 bits per heavy atom. The smallest absolute Gasteiger partial charge is 0.271 e. The fourth-order valence-corrected chi connectivity index (χ4v) is 4.89. The number of anilines is 1. The van der Waals surface area contributed by atoms with Gasteiger partial charge in [0.05, 0.1) is 22.3 Å². The van der Waals surface area contributed by atoms with Gasteiger partial charge in [0.15, 0.2) is 0 Å². The molecule has 0 aliphatic heterocycles. The van der Waals surface area contributed by atoms with E-state index in [-0.39, 0.29) is 23.5 Å². The highest BCUT2D eigenvalue weighted by Crippen LogP contribution is 2.35. The van der Waals surface area contributed by atoms with Crippen molar-refractivity contribution in [2.75, 3.05) is 5.32 Å². The summed E-state index contributed by atoms with van der Waals surface area (Å²) in [7, 11) is 0. The van der Waals surface area contributed by atoms with Crippen molar-refractivity contribution < 1.29 is 14.1 Å². The van der Waals surface area contributed by atoms with Crippen molar-refractivity contribution in [2.45, 2.75) is 32.7 Å². The zero-order valence-corrected chi connectivity index (χ0v) is 16.3. The van der Waals surface area contributed by atoms with Gasteiger partial charge in [-0.15, -0.1) is 11.3 Å². The molecule has 0 fully saturated rings. The molecule has 2 heterocycles. The largest absolute Gasteiger partial charge is 0.322 e. The number of nitrogens with one attached hydrogen (secondary N) is 1. The molecule has 3 aromatic rings. The molecule has 2 aromatic heterocycles. The van der Waals surface area contributed by atoms with Gasteiger partial charge in [-0.2, -0.15) is 0 Å². The summed E-state index contributed by atoms with van der Waals surface area (Å²) in [5.74, 6) is -0.912. The van der Waals surface area contributed by atoms with Crippen LogP contribution in [0.1, 0.15) is 23.8 Å². The van der Waals surface area contributed by atoms with E-state index in [1.54, 1.807) is 0 Å². The normalized spacial score (nSPS) is 15.9. The van der Waals surface area contributed by atoms with Gasteiger partial charge < -0.3 is 5.32 Å². The molecule has 0 radical (unpaired) electrons. The number of rotatable bonds is 4. The SMILES string of the molecule is CC1CCc2c(sc3ncn(CC(=O)Nc4cc([N+](=O)[O-])ccc4F)c(=O)c23)C1. The van der Waals surface area contributed by atoms with E-state index < -0.39 is 16.6 Å². The summed E-state index contributed by atoms with van der Waals surface area (Å²) in [4.78, 5) is 41.6. The molecular formula is C19H17FN4O4S. The highest BCUT2D eigenvalue weighted by atomic mass is 32.1. The van der Waals surface area contributed by atoms with E-state index in [0.29, 0.717) is 16.1 Å². The van der Waals surface area contributed by atoms with Crippen LogP contribution in [0.25, 0.3) is 10.2 Å². The number of carbonyl (C=O) groups excluding carboxylic acids is 1. The molecule has 1 amide bonds. The summed E-state index contributed by atoms with van der Waals surface area (Å²) in [6.07, 6.45) is 4.03. The van der Waals surface area contributed by atoms with Gasteiger partial charge in [-0.25, -0.2) is 9.37 Å². The molecule has 0 bridgehead atoms. The maximum absolute atomic E-state index is 13.9. The van der Waals surface area contributed by atoms with Gasteiger partial charge in [0.2, 0.25) is 5.91 Å². The minimum absolute atomic E-state index is 0.309. The first-order valence-electron chi connectivity index (χ1n) is 9.07. The topological polar surface area (TPSA) is 107 Å². The number of benzene rings is 1. The fraction of sp³-hybridized carbons (Fsp3) is 0.316. The molecule has 8 nitrogen and oxygen atoms in total. The molecule has 150 valence electrons. The van der Waals surface area contributed by atoms with E-state index in [2.05, 4.69) is 17.2 Å². The van der Waals surface area contributed by atoms with Crippen LogP contribution in [0, 0.1) is 21.8 Å². The van der Waals surface area contributed by atoms with Crippen molar-refractivity contribution in [3.05, 3.63) is 61.3 Å². The van der Waals surface area contributed by atoms with Crippen LogP contribution in [0.5, 0.6) is 0 Å². The molecule has 0 saturated heterocycles. The van der Waals surface area contributed by atoms with Crippen molar-refractivity contribution in [1.29, 1.82) is 0 Å². The van der Waals surface area contributed by atoms with Gasteiger partial charge in [-0.1, -0.05) is 6.92 Å². The van der Waals surface area contributed by atoms with Crippen molar-refractivity contribution in [3.63, 3.8) is 0 Å². The maximum atomic E-state index is 13.9. The lowest BCUT2D eigenvalue weighted by Gasteiger charge is -2.17. The maximum Gasteiger partial charge on any atom is 0.271 e. The lowest BCUT2D eigenvalue weighted by Crippen LogP contribution is -2.28. The number of hydrogen-bond acceptors (Lipinski definition) is 6. The Bertz CT molecular complexity index is 1200. The molecular weight excluding hydrogens is 399 g/mol. The van der Waals surface area contributed by atoms with E-state index in [9.17, 15) is 24.1 Å². The summed E-state index contributed by atoms with van der Waals surface area (Å²) in [5.41, 5.74) is 0.0473. The van der Waals surface area contributed by atoms with Gasteiger partial charge in [-0.3, -0.25) is 24.3 Å². The number of thiophene rings is 1. The van der Waals surface area contributed by atoms with Crippen LogP contribution < -0.4 is 10.9 Å². The molecule has 10 heteroatoms. The summed E-state index contributed by atoms with van der Waals surface area (Å²) in [6.45, 7) is 1.81. The average Bonchev–Trinajstić information content (AvgIpc) is 3.03. The number of aryl methyl sites for hydroxylation is 1. The van der Waals surface area contributed by atoms with Gasteiger partial charge in [0.1, 0.15) is 17.2 Å². The molecule has 29 heavy (non-hydrogen) atoms. The highest BCUT2D eigenvalue weighted by Gasteiger charge is 2.23. The Labute approximate surface area is 168 Å². The first-order valence-corrected chi connectivity index (χ1v) is 9.88. The summed E-state index contributed by atoms with van der Waals surface area (Å²) in [5, 5.41) is 13.7. The van der Waals surface area contributed by atoms with Gasteiger partial charge in [-0.05, 0) is 36.8 Å². The number of carbonyl (C=O) groups is 1. The molecule has 1 N–H and O–H groups in total. The number of amides is 1. The lowest BCUT2D eigenvalue weighted by molar-refractivity contribution is -0.384. The molecule has 4 rings (SSSR count). The lowest BCUT2D eigenvalue weighted by atomic mass is 9.89. The number of hydrogen-bond donors (Lipinski definition) is 1. The predicted molar refractivity (Wildman–Crippen MR) is 107 cm³/mol. The molecule has 1 unspecified atom stereocenters. The number of nitro groups is 1. The third-order valence-electron chi connectivity index (χ3n) is 5.03. The van der Waals surface area contributed by atoms with Crippen molar-refractivity contribution >= 4 is 38.8 Å². The van der Waals surface area contributed by atoms with E-state index >= 15 is 0 Å². The number of non-ortho nitro benzene ring substituents is 1. The third kappa shape index (κ3) is 3.63. The second-order valence-electron chi connectivity index (χ2n) is 7.18. The van der Waals surface area contributed by atoms with Gasteiger partial charge in [0.25, 0.3) is 11.2 Å². The third-order valence-corrected chi connectivity index (χ3v) is 6.19. The fourth-order valence-electron chi connectivity index (χ4n) is 3.55. The quantitative estimate of drug-likeness (QED) is 0.519. The molecule has 1 atom stereocenters. The number of aromatic nitrogens is 2. The molecule has 0 spiro atoms. The van der Waals surface area contributed by atoms with Crippen LogP contribution in [0.4, 0.5) is 15.8 Å². The van der Waals surface area contributed by atoms with E-state index in [1.807, 2.05) is 0 Å². The molecule has 1 aliphatic rings. The van der Waals surface area contributed by atoms with E-state index in [4.69, 9.17) is 0 Å². The van der Waals surface area contributed by atoms with E-state index in [0.717, 1.165) is 43.0 Å². The monoisotopic (exact) mass is 416 g/mol. The number of nitro benzene ring substituents is 1.